The van der Waals surface area contributed by atoms with Gasteiger partial charge in [-0.1, -0.05) is 218 Å². The first-order valence-corrected chi connectivity index (χ1v) is 33.6. The second kappa shape index (κ2) is 28.7. The van der Waals surface area contributed by atoms with Crippen LogP contribution in [0.2, 0.25) is 0 Å². The zero-order valence-electron chi connectivity index (χ0n) is 57.9. The van der Waals surface area contributed by atoms with E-state index in [0.29, 0.717) is 83.6 Å². The lowest BCUT2D eigenvalue weighted by molar-refractivity contribution is 0.590. The second-order valence-corrected chi connectivity index (χ2v) is 24.3. The summed E-state index contributed by atoms with van der Waals surface area (Å²) in [6.07, 6.45) is 0. The van der Waals surface area contributed by atoms with Crippen molar-refractivity contribution in [3.8, 4) is 92.6 Å². The standard InChI is InChI=1S/C33H15N9.C30H15F3N6.C20N14/c1-36-33-26-28-24(22(17-34)38-31(40-28)20-13-7-3-8-14-20)27-25(29(26)41-32(42-33)21-15-9-4-10-16-21)23(18-35)37-30(39-27)19-11-5-2-6-12-19;31-25-19-22(34-28(37-25)16-10-4-1-5-11-16)20-24(36-30(38-26(20)32)18-14-8-3-9-15-18)21-23(19)35-29(39-27(21)33)17-12-6-2-7-13-17;1-23-15-9-11(27-7(5-21)29-15)12-10(16(24-2)30-8(6-22)28-12)14-13(9)31-19-20(32-14)34-18(26-4)17(25-3)33-19/h2-16H;1-15H;. The molecule has 0 amide bonds. The van der Waals surface area contributed by atoms with E-state index in [0.717, 1.165) is 0 Å². The fourth-order valence-corrected chi connectivity index (χ4v) is 12.9. The molecule has 19 rings (SSSR count). The molecular formula is C83H30F3N29. The molecule has 0 N–H and O–H groups in total. The van der Waals surface area contributed by atoms with Gasteiger partial charge in [0, 0.05) is 33.4 Å². The minimum absolute atomic E-state index is 0.00589. The van der Waals surface area contributed by atoms with Gasteiger partial charge < -0.3 is 24.2 Å². The average Bonchev–Trinajstić information content (AvgIpc) is 0.724. The summed E-state index contributed by atoms with van der Waals surface area (Å²) in [6.45, 7) is 37.6. The molecule has 0 aliphatic heterocycles. The third-order valence-corrected chi connectivity index (χ3v) is 17.8. The fraction of sp³-hybridized carbons (Fsp3) is 0. The van der Waals surface area contributed by atoms with Crippen LogP contribution in [0.4, 0.5) is 42.3 Å². The Hall–Kier alpha value is -18.4. The summed E-state index contributed by atoms with van der Waals surface area (Å²) in [4.78, 5) is 104. The molecule has 19 aromatic rings. The maximum absolute atomic E-state index is 15.8. The molecule has 10 aromatic heterocycles. The molecular weight excluding hydrogens is 1460 g/mol. The molecule has 0 atom stereocenters. The lowest BCUT2D eigenvalue weighted by Crippen LogP contribution is -2.05. The number of aromatic nitrogens is 20. The average molecular weight is 1490 g/mol. The Labute approximate surface area is 641 Å². The van der Waals surface area contributed by atoms with Gasteiger partial charge >= 0.3 is 22.9 Å². The van der Waals surface area contributed by atoms with E-state index >= 15 is 13.2 Å². The topological polar surface area (TPSA) is 375 Å². The smallest absolute Gasteiger partial charge is 0.326 e. The molecule has 32 heteroatoms. The molecule has 0 fully saturated rings. The number of hydrogen-bond donors (Lipinski definition) is 0. The minimum atomic E-state index is -0.977. The maximum Gasteiger partial charge on any atom is 0.326 e. The van der Waals surface area contributed by atoms with E-state index in [9.17, 15) is 21.0 Å². The lowest BCUT2D eigenvalue weighted by atomic mass is 10.0. The quantitative estimate of drug-likeness (QED) is 0.0645. The van der Waals surface area contributed by atoms with E-state index in [-0.39, 0.29) is 146 Å². The Morgan fingerprint density at radius 1 is 0.217 bits per heavy atom. The predicted octanol–water partition coefficient (Wildman–Crippen LogP) is 17.2. The van der Waals surface area contributed by atoms with E-state index in [4.69, 9.17) is 47.8 Å². The Kier molecular flexibility index (Phi) is 17.4. The van der Waals surface area contributed by atoms with Gasteiger partial charge in [0.05, 0.1) is 98.3 Å². The Balaban J connectivity index is 0.000000125. The zero-order valence-corrected chi connectivity index (χ0v) is 57.9. The molecule has 0 saturated carbocycles. The van der Waals surface area contributed by atoms with E-state index < -0.39 is 17.8 Å². The van der Waals surface area contributed by atoms with Crippen molar-refractivity contribution < 1.29 is 13.2 Å². The SMILES string of the molecule is Fc1nc(-c2ccccc2)nc2c1c1nc(-c3ccccc3)nc(F)c1c1nc(-c3ccccc3)nc(F)c21.[C-]#[N+]c1nc(-c2ccccc2)nc2c3c(C#N)nc(-c4ccccc4)nc3c3c(C#N)nc(-c4ccccc4)nc3c12.[C-]#[N+]c1nc2nc3c(nc2nc1[N+]#[C-])c1c([N+]#[C-])nc(C#N)nc1c1nc(C#N)nc([N+]#[C-])c13. The lowest BCUT2D eigenvalue weighted by Gasteiger charge is -2.14. The van der Waals surface area contributed by atoms with Crippen LogP contribution in [0.15, 0.2) is 182 Å². The van der Waals surface area contributed by atoms with Crippen LogP contribution in [0.3, 0.4) is 0 Å². The van der Waals surface area contributed by atoms with Crippen LogP contribution in [-0.2, 0) is 0 Å². The first-order valence-electron chi connectivity index (χ1n) is 33.6. The first-order chi connectivity index (χ1) is 56.3. The number of rotatable bonds is 6. The number of halogens is 3. The predicted molar refractivity (Wildman–Crippen MR) is 413 cm³/mol. The molecule has 9 aromatic carbocycles. The summed E-state index contributed by atoms with van der Waals surface area (Å²) in [5.41, 5.74) is 4.18. The molecule has 0 bridgehead atoms. The highest BCUT2D eigenvalue weighted by molar-refractivity contribution is 6.28. The third-order valence-electron chi connectivity index (χ3n) is 17.8. The Morgan fingerprint density at radius 3 is 0.722 bits per heavy atom. The van der Waals surface area contributed by atoms with Crippen molar-refractivity contribution in [1.82, 2.24) is 99.7 Å². The van der Waals surface area contributed by atoms with E-state index in [1.54, 1.807) is 103 Å². The summed E-state index contributed by atoms with van der Waals surface area (Å²) in [5, 5.41) is 39.6. The normalized spacial score (nSPS) is 10.8. The second-order valence-electron chi connectivity index (χ2n) is 24.3. The van der Waals surface area contributed by atoms with Crippen LogP contribution in [0.1, 0.15) is 23.0 Å². The monoisotopic (exact) mass is 1490 g/mol. The molecule has 29 nitrogen and oxygen atoms in total. The molecule has 0 radical (unpaired) electrons. The van der Waals surface area contributed by atoms with Crippen molar-refractivity contribution in [2.24, 2.45) is 0 Å². The number of nitrogens with zero attached hydrogens (tertiary/aromatic N) is 29. The van der Waals surface area contributed by atoms with Crippen molar-refractivity contribution in [3.63, 3.8) is 0 Å². The third kappa shape index (κ3) is 12.0. The highest BCUT2D eigenvalue weighted by Crippen LogP contribution is 2.45. The number of fused-ring (bicyclic) bond motifs is 19. The number of hydrogen-bond acceptors (Lipinski definition) is 24. The number of benzene rings is 9. The van der Waals surface area contributed by atoms with Crippen LogP contribution in [-0.4, -0.2) is 99.7 Å². The largest absolute Gasteiger partial charge is 0.370 e. The van der Waals surface area contributed by atoms with Crippen molar-refractivity contribution >= 4 is 139 Å². The van der Waals surface area contributed by atoms with Crippen LogP contribution in [0.5, 0.6) is 0 Å². The Bertz CT molecular complexity index is 7160. The molecule has 528 valence electrons. The molecule has 0 aliphatic carbocycles. The first kappa shape index (κ1) is 69.6. The van der Waals surface area contributed by atoms with E-state index in [1.807, 2.05) is 91.0 Å². The van der Waals surface area contributed by atoms with Gasteiger partial charge in [-0.25, -0.2) is 49.8 Å². The summed E-state index contributed by atoms with van der Waals surface area (Å²) >= 11 is 0. The summed E-state index contributed by atoms with van der Waals surface area (Å²) in [6, 6.07) is 61.9. The van der Waals surface area contributed by atoms with Crippen molar-refractivity contribution in [1.29, 1.82) is 21.0 Å². The van der Waals surface area contributed by atoms with Crippen molar-refractivity contribution in [2.75, 3.05) is 0 Å². The van der Waals surface area contributed by atoms with Crippen LogP contribution < -0.4 is 0 Å². The van der Waals surface area contributed by atoms with Crippen LogP contribution in [0, 0.1) is 96.0 Å². The molecule has 0 unspecified atom stereocenters. The molecule has 10 heterocycles. The summed E-state index contributed by atoms with van der Waals surface area (Å²) in [7, 11) is 0. The number of nitriles is 4. The van der Waals surface area contributed by atoms with E-state index in [2.05, 4.69) is 121 Å². The van der Waals surface area contributed by atoms with Crippen LogP contribution in [0.25, 0.3) is 202 Å². The maximum atomic E-state index is 15.8. The van der Waals surface area contributed by atoms with Gasteiger partial charge in [0.15, 0.2) is 52.6 Å². The molecule has 0 saturated heterocycles. The zero-order chi connectivity index (χ0) is 79.1. The highest BCUT2D eigenvalue weighted by Gasteiger charge is 2.31. The van der Waals surface area contributed by atoms with Crippen LogP contribution >= 0.6 is 0 Å². The Morgan fingerprint density at radius 2 is 0.452 bits per heavy atom. The summed E-state index contributed by atoms with van der Waals surface area (Å²) < 4.78 is 47.5. The summed E-state index contributed by atoms with van der Waals surface area (Å²) in [5.74, 6) is -3.57. The minimum Gasteiger partial charge on any atom is -0.370 e. The van der Waals surface area contributed by atoms with Gasteiger partial charge in [-0.2, -0.15) is 59.1 Å². The van der Waals surface area contributed by atoms with Gasteiger partial charge in [-0.3, -0.25) is 0 Å². The van der Waals surface area contributed by atoms with E-state index in [1.165, 1.54) is 0 Å². The molecule has 0 aliphatic rings. The molecule has 115 heavy (non-hydrogen) atoms. The van der Waals surface area contributed by atoms with Crippen molar-refractivity contribution in [2.45, 2.75) is 0 Å². The van der Waals surface area contributed by atoms with Gasteiger partial charge in [0.25, 0.3) is 34.9 Å². The fourth-order valence-electron chi connectivity index (χ4n) is 12.9. The van der Waals surface area contributed by atoms with Gasteiger partial charge in [0.2, 0.25) is 17.8 Å². The van der Waals surface area contributed by atoms with Gasteiger partial charge in [-0.15, -0.1) is 9.97 Å². The van der Waals surface area contributed by atoms with Crippen molar-refractivity contribution in [3.05, 3.63) is 280 Å². The van der Waals surface area contributed by atoms with Gasteiger partial charge in [0.1, 0.15) is 12.1 Å². The molecule has 0 spiro atoms. The highest BCUT2D eigenvalue weighted by atomic mass is 19.1. The van der Waals surface area contributed by atoms with Gasteiger partial charge in [-0.05, 0) is 12.1 Å².